The molecule has 1 atom stereocenters. The highest BCUT2D eigenvalue weighted by molar-refractivity contribution is 6.44. The van der Waals surface area contributed by atoms with Crippen LogP contribution >= 0.6 is 34.8 Å². The number of nitrogens with one attached hydrogen (secondary N) is 2. The third kappa shape index (κ3) is 4.45. The van der Waals surface area contributed by atoms with Gasteiger partial charge in [-0.15, -0.1) is 0 Å². The Morgan fingerprint density at radius 1 is 1.21 bits per heavy atom. The van der Waals surface area contributed by atoms with Gasteiger partial charge >= 0.3 is 12.0 Å². The van der Waals surface area contributed by atoms with E-state index in [0.29, 0.717) is 0 Å². The molecule has 0 heterocycles. The van der Waals surface area contributed by atoms with Gasteiger partial charge in [0.05, 0.1) is 20.8 Å². The summed E-state index contributed by atoms with van der Waals surface area (Å²) in [5.74, 6) is -1.11. The fourth-order valence-corrected chi connectivity index (χ4v) is 1.87. The monoisotopic (exact) mass is 324 g/mol. The van der Waals surface area contributed by atoms with Gasteiger partial charge in [-0.05, 0) is 18.6 Å². The van der Waals surface area contributed by atoms with Gasteiger partial charge in [0, 0.05) is 0 Å². The van der Waals surface area contributed by atoms with Gasteiger partial charge in [-0.3, -0.25) is 0 Å². The first kappa shape index (κ1) is 15.9. The summed E-state index contributed by atoms with van der Waals surface area (Å²) in [4.78, 5) is 22.4. The van der Waals surface area contributed by atoms with Gasteiger partial charge < -0.3 is 15.7 Å². The van der Waals surface area contributed by atoms with Crippen molar-refractivity contribution < 1.29 is 14.7 Å². The molecular weight excluding hydrogens is 314 g/mol. The number of carbonyl (C=O) groups is 2. The molecule has 0 radical (unpaired) electrons. The molecule has 8 heteroatoms. The summed E-state index contributed by atoms with van der Waals surface area (Å²) in [6, 6.07) is 1.11. The lowest BCUT2D eigenvalue weighted by molar-refractivity contribution is -0.139. The molecule has 0 spiro atoms. The number of halogens is 3. The van der Waals surface area contributed by atoms with Gasteiger partial charge in [0.1, 0.15) is 6.04 Å². The predicted molar refractivity (Wildman–Crippen MR) is 75.3 cm³/mol. The van der Waals surface area contributed by atoms with Crippen molar-refractivity contribution in [2.24, 2.45) is 0 Å². The Labute approximate surface area is 124 Å². The maximum Gasteiger partial charge on any atom is 0.326 e. The van der Waals surface area contributed by atoms with Crippen molar-refractivity contribution in [3.8, 4) is 0 Å². The van der Waals surface area contributed by atoms with Gasteiger partial charge in [0.25, 0.3) is 0 Å². The summed E-state index contributed by atoms with van der Waals surface area (Å²) in [6.45, 7) is 1.64. The highest BCUT2D eigenvalue weighted by Crippen LogP contribution is 2.32. The minimum atomic E-state index is -1.11. The van der Waals surface area contributed by atoms with Crippen LogP contribution in [0.5, 0.6) is 0 Å². The van der Waals surface area contributed by atoms with Crippen molar-refractivity contribution in [1.29, 1.82) is 0 Å². The van der Waals surface area contributed by atoms with Crippen molar-refractivity contribution in [2.75, 3.05) is 5.32 Å². The molecule has 2 amide bonds. The first-order valence-corrected chi connectivity index (χ1v) is 6.43. The minimum absolute atomic E-state index is 0.202. The second-order valence-corrected chi connectivity index (χ2v) is 4.87. The van der Waals surface area contributed by atoms with Crippen LogP contribution in [0.25, 0.3) is 0 Å². The first-order valence-electron chi connectivity index (χ1n) is 5.30. The van der Waals surface area contributed by atoms with E-state index in [1.165, 1.54) is 12.1 Å². The van der Waals surface area contributed by atoms with Crippen LogP contribution in [-0.2, 0) is 4.79 Å². The quantitative estimate of drug-likeness (QED) is 0.740. The number of urea groups is 1. The van der Waals surface area contributed by atoms with Crippen LogP contribution in [0.3, 0.4) is 0 Å². The Morgan fingerprint density at radius 2 is 1.79 bits per heavy atom. The average molecular weight is 326 g/mol. The van der Waals surface area contributed by atoms with Crippen LogP contribution in [0.1, 0.15) is 13.3 Å². The first-order chi connectivity index (χ1) is 8.85. The van der Waals surface area contributed by atoms with Crippen LogP contribution in [-0.4, -0.2) is 23.1 Å². The molecule has 1 aromatic carbocycles. The summed E-state index contributed by atoms with van der Waals surface area (Å²) in [5, 5.41) is 14.2. The fourth-order valence-electron chi connectivity index (χ4n) is 1.27. The molecule has 0 unspecified atom stereocenters. The van der Waals surface area contributed by atoms with Crippen molar-refractivity contribution in [1.82, 2.24) is 5.32 Å². The SMILES string of the molecule is CC[C@@H](NC(=O)Nc1cc(Cl)c(Cl)cc1Cl)C(=O)O. The topological polar surface area (TPSA) is 78.4 Å². The third-order valence-corrected chi connectivity index (χ3v) is 3.30. The number of benzene rings is 1. The zero-order valence-corrected chi connectivity index (χ0v) is 12.1. The van der Waals surface area contributed by atoms with Crippen molar-refractivity contribution >= 4 is 52.5 Å². The summed E-state index contributed by atoms with van der Waals surface area (Å²) < 4.78 is 0. The molecule has 0 aliphatic heterocycles. The molecule has 5 nitrogen and oxygen atoms in total. The van der Waals surface area contributed by atoms with E-state index < -0.39 is 18.0 Å². The normalized spacial score (nSPS) is 11.8. The number of rotatable bonds is 4. The Hall–Kier alpha value is -1.17. The molecule has 0 saturated carbocycles. The summed E-state index contributed by atoms with van der Waals surface area (Å²) in [7, 11) is 0. The number of carboxylic acids is 1. The van der Waals surface area contributed by atoms with Gasteiger partial charge in [0.2, 0.25) is 0 Å². The number of aliphatic carboxylic acids is 1. The molecular formula is C11H11Cl3N2O3. The molecule has 19 heavy (non-hydrogen) atoms. The molecule has 104 valence electrons. The lowest BCUT2D eigenvalue weighted by Crippen LogP contribution is -2.42. The molecule has 1 rings (SSSR count). The Morgan fingerprint density at radius 3 is 2.32 bits per heavy atom. The van der Waals surface area contributed by atoms with E-state index >= 15 is 0 Å². The molecule has 0 aliphatic rings. The fraction of sp³-hybridized carbons (Fsp3) is 0.273. The zero-order chi connectivity index (χ0) is 14.6. The molecule has 1 aromatic rings. The van der Waals surface area contributed by atoms with Gasteiger partial charge in [0.15, 0.2) is 0 Å². The molecule has 0 aromatic heterocycles. The van der Waals surface area contributed by atoms with E-state index in [0.717, 1.165) is 0 Å². The second kappa shape index (κ2) is 6.84. The van der Waals surface area contributed by atoms with Gasteiger partial charge in [-0.25, -0.2) is 9.59 Å². The predicted octanol–water partition coefficient (Wildman–Crippen LogP) is 3.63. The summed E-state index contributed by atoms with van der Waals surface area (Å²) in [6.07, 6.45) is 0.262. The Kier molecular flexibility index (Phi) is 5.72. The molecule has 0 saturated heterocycles. The lowest BCUT2D eigenvalue weighted by atomic mass is 10.2. The molecule has 0 bridgehead atoms. The average Bonchev–Trinajstić information content (AvgIpc) is 2.32. The van der Waals surface area contributed by atoms with Crippen LogP contribution in [0.4, 0.5) is 10.5 Å². The Bertz CT molecular complexity index is 508. The maximum atomic E-state index is 11.6. The molecule has 3 N–H and O–H groups in total. The number of anilines is 1. The van der Waals surface area contributed by atoms with Crippen LogP contribution < -0.4 is 10.6 Å². The van der Waals surface area contributed by atoms with Crippen molar-refractivity contribution in [3.05, 3.63) is 27.2 Å². The number of amides is 2. The smallest absolute Gasteiger partial charge is 0.326 e. The lowest BCUT2D eigenvalue weighted by Gasteiger charge is -2.14. The van der Waals surface area contributed by atoms with Crippen molar-refractivity contribution in [2.45, 2.75) is 19.4 Å². The van der Waals surface area contributed by atoms with Gasteiger partial charge in [-0.2, -0.15) is 0 Å². The summed E-state index contributed by atoms with van der Waals surface area (Å²) >= 11 is 17.4. The van der Waals surface area contributed by atoms with Crippen LogP contribution in [0, 0.1) is 0 Å². The maximum absolute atomic E-state index is 11.6. The van der Waals surface area contributed by atoms with Crippen LogP contribution in [0.15, 0.2) is 12.1 Å². The standard InChI is InChI=1S/C11H11Cl3N2O3/c1-2-8(10(17)18)15-11(19)16-9-4-6(13)5(12)3-7(9)14/h3-4,8H,2H2,1H3,(H,17,18)(H2,15,16,19)/t8-/m1/s1. The van der Waals surface area contributed by atoms with E-state index in [-0.39, 0.29) is 27.2 Å². The molecule has 0 aliphatic carbocycles. The second-order valence-electron chi connectivity index (χ2n) is 3.64. The number of hydrogen-bond donors (Lipinski definition) is 3. The minimum Gasteiger partial charge on any atom is -0.480 e. The van der Waals surface area contributed by atoms with Gasteiger partial charge in [-0.1, -0.05) is 41.7 Å². The van der Waals surface area contributed by atoms with Crippen molar-refractivity contribution in [3.63, 3.8) is 0 Å². The van der Waals surface area contributed by atoms with E-state index in [4.69, 9.17) is 39.9 Å². The summed E-state index contributed by atoms with van der Waals surface area (Å²) in [5.41, 5.74) is 0.244. The Balaban J connectivity index is 2.77. The number of carboxylic acid groups (broad SMARTS) is 1. The largest absolute Gasteiger partial charge is 0.480 e. The number of carbonyl (C=O) groups excluding carboxylic acids is 1. The highest BCUT2D eigenvalue weighted by atomic mass is 35.5. The van der Waals surface area contributed by atoms with E-state index in [1.54, 1.807) is 6.92 Å². The van der Waals surface area contributed by atoms with E-state index in [9.17, 15) is 9.59 Å². The van der Waals surface area contributed by atoms with Crippen LogP contribution in [0.2, 0.25) is 15.1 Å². The zero-order valence-electron chi connectivity index (χ0n) is 9.84. The number of hydrogen-bond acceptors (Lipinski definition) is 2. The van der Waals surface area contributed by atoms with E-state index in [2.05, 4.69) is 10.6 Å². The molecule has 0 fully saturated rings. The third-order valence-electron chi connectivity index (χ3n) is 2.27. The van der Waals surface area contributed by atoms with E-state index in [1.807, 2.05) is 0 Å². The highest BCUT2D eigenvalue weighted by Gasteiger charge is 2.18.